The fourth-order valence-corrected chi connectivity index (χ4v) is 2.42. The molecular formula is C17H17N5S. The SMILES string of the molecule is Cc1cccc(Cn2cnc(NC(=S)Nc3ccccc3)n2)c1. The minimum Gasteiger partial charge on any atom is -0.332 e. The maximum Gasteiger partial charge on any atom is 0.248 e. The summed E-state index contributed by atoms with van der Waals surface area (Å²) < 4.78 is 1.78. The third-order valence-electron chi connectivity index (χ3n) is 3.22. The van der Waals surface area contributed by atoms with Crippen LogP contribution in [0.15, 0.2) is 60.9 Å². The molecular weight excluding hydrogens is 306 g/mol. The van der Waals surface area contributed by atoms with E-state index in [0.717, 1.165) is 5.69 Å². The average Bonchev–Trinajstić information content (AvgIpc) is 2.95. The zero-order valence-corrected chi connectivity index (χ0v) is 13.5. The molecule has 0 unspecified atom stereocenters. The zero-order chi connectivity index (χ0) is 16.1. The van der Waals surface area contributed by atoms with Gasteiger partial charge < -0.3 is 5.32 Å². The van der Waals surface area contributed by atoms with Crippen LogP contribution in [0.3, 0.4) is 0 Å². The highest BCUT2D eigenvalue weighted by molar-refractivity contribution is 7.80. The summed E-state index contributed by atoms with van der Waals surface area (Å²) >= 11 is 5.26. The van der Waals surface area contributed by atoms with Crippen molar-refractivity contribution in [3.63, 3.8) is 0 Å². The largest absolute Gasteiger partial charge is 0.332 e. The van der Waals surface area contributed by atoms with Crippen LogP contribution in [-0.4, -0.2) is 19.9 Å². The Labute approximate surface area is 140 Å². The predicted molar refractivity (Wildman–Crippen MR) is 96.6 cm³/mol. The van der Waals surface area contributed by atoms with Gasteiger partial charge in [0.25, 0.3) is 0 Å². The molecule has 0 amide bonds. The van der Waals surface area contributed by atoms with E-state index in [0.29, 0.717) is 17.6 Å². The Kier molecular flexibility index (Phi) is 4.63. The Morgan fingerprint density at radius 2 is 1.91 bits per heavy atom. The van der Waals surface area contributed by atoms with Crippen LogP contribution in [0.2, 0.25) is 0 Å². The maximum atomic E-state index is 5.26. The van der Waals surface area contributed by atoms with E-state index in [9.17, 15) is 0 Å². The Bertz CT molecular complexity index is 798. The highest BCUT2D eigenvalue weighted by Crippen LogP contribution is 2.08. The fourth-order valence-electron chi connectivity index (χ4n) is 2.21. The summed E-state index contributed by atoms with van der Waals surface area (Å²) in [6.45, 7) is 2.75. The van der Waals surface area contributed by atoms with E-state index in [-0.39, 0.29) is 0 Å². The zero-order valence-electron chi connectivity index (χ0n) is 12.7. The Hall–Kier alpha value is -2.73. The van der Waals surface area contributed by atoms with Gasteiger partial charge in [-0.2, -0.15) is 0 Å². The normalized spacial score (nSPS) is 10.3. The van der Waals surface area contributed by atoms with Gasteiger partial charge in [0, 0.05) is 5.69 Å². The van der Waals surface area contributed by atoms with Crippen molar-refractivity contribution < 1.29 is 0 Å². The number of thiocarbonyl (C=S) groups is 1. The second-order valence-electron chi connectivity index (χ2n) is 5.20. The molecule has 3 rings (SSSR count). The molecule has 3 aromatic rings. The van der Waals surface area contributed by atoms with Gasteiger partial charge >= 0.3 is 0 Å². The summed E-state index contributed by atoms with van der Waals surface area (Å²) in [5, 5.41) is 10.9. The summed E-state index contributed by atoms with van der Waals surface area (Å²) in [5.74, 6) is 0.478. The second kappa shape index (κ2) is 7.02. The van der Waals surface area contributed by atoms with Crippen molar-refractivity contribution in [2.45, 2.75) is 13.5 Å². The van der Waals surface area contributed by atoms with Gasteiger partial charge in [-0.25, -0.2) is 9.67 Å². The quantitative estimate of drug-likeness (QED) is 0.720. The molecule has 0 aliphatic rings. The van der Waals surface area contributed by atoms with Gasteiger partial charge in [0.15, 0.2) is 5.11 Å². The molecule has 116 valence electrons. The fraction of sp³-hybridized carbons (Fsp3) is 0.118. The van der Waals surface area contributed by atoms with Crippen molar-refractivity contribution in [1.29, 1.82) is 0 Å². The number of nitrogens with zero attached hydrogens (tertiary/aromatic N) is 3. The molecule has 0 saturated heterocycles. The van der Waals surface area contributed by atoms with E-state index in [2.05, 4.69) is 45.8 Å². The molecule has 6 heteroatoms. The Balaban J connectivity index is 1.60. The molecule has 1 aromatic heterocycles. The van der Waals surface area contributed by atoms with Crippen molar-refractivity contribution in [2.24, 2.45) is 0 Å². The highest BCUT2D eigenvalue weighted by atomic mass is 32.1. The topological polar surface area (TPSA) is 54.8 Å². The second-order valence-corrected chi connectivity index (χ2v) is 5.61. The summed E-state index contributed by atoms with van der Waals surface area (Å²) in [6.07, 6.45) is 1.69. The number of para-hydroxylation sites is 1. The third-order valence-corrected chi connectivity index (χ3v) is 3.42. The van der Waals surface area contributed by atoms with E-state index in [1.165, 1.54) is 11.1 Å². The summed E-state index contributed by atoms with van der Waals surface area (Å²) in [6, 6.07) is 18.1. The first-order valence-electron chi connectivity index (χ1n) is 7.27. The van der Waals surface area contributed by atoms with Crippen LogP contribution in [-0.2, 0) is 6.54 Å². The number of anilines is 2. The van der Waals surface area contributed by atoms with Gasteiger partial charge in [-0.15, -0.1) is 5.10 Å². The molecule has 0 bridgehead atoms. The standard InChI is InChI=1S/C17H17N5S/c1-13-6-5-7-14(10-13)11-22-12-18-16(21-22)20-17(23)19-15-8-3-2-4-9-15/h2-10,12H,11H2,1H3,(H2,19,20,21,23). The first-order valence-corrected chi connectivity index (χ1v) is 7.68. The maximum absolute atomic E-state index is 5.26. The average molecular weight is 323 g/mol. The predicted octanol–water partition coefficient (Wildman–Crippen LogP) is 3.44. The lowest BCUT2D eigenvalue weighted by Crippen LogP contribution is -2.20. The van der Waals surface area contributed by atoms with E-state index in [1.807, 2.05) is 36.4 Å². The summed E-state index contributed by atoms with van der Waals surface area (Å²) in [5.41, 5.74) is 3.34. The van der Waals surface area contributed by atoms with Gasteiger partial charge in [-0.1, -0.05) is 48.0 Å². The highest BCUT2D eigenvalue weighted by Gasteiger charge is 2.04. The van der Waals surface area contributed by atoms with Crippen LogP contribution in [0, 0.1) is 6.92 Å². The number of hydrogen-bond acceptors (Lipinski definition) is 3. The van der Waals surface area contributed by atoms with Crippen LogP contribution < -0.4 is 10.6 Å². The lowest BCUT2D eigenvalue weighted by atomic mass is 10.1. The van der Waals surface area contributed by atoms with E-state index >= 15 is 0 Å². The Morgan fingerprint density at radius 1 is 1.09 bits per heavy atom. The van der Waals surface area contributed by atoms with Crippen LogP contribution in [0.25, 0.3) is 0 Å². The lowest BCUT2D eigenvalue weighted by Gasteiger charge is -2.07. The number of aromatic nitrogens is 3. The molecule has 1 heterocycles. The molecule has 0 saturated carbocycles. The van der Waals surface area contributed by atoms with Crippen LogP contribution in [0.4, 0.5) is 11.6 Å². The number of nitrogens with one attached hydrogen (secondary N) is 2. The molecule has 0 radical (unpaired) electrons. The van der Waals surface area contributed by atoms with Crippen LogP contribution in [0.1, 0.15) is 11.1 Å². The van der Waals surface area contributed by atoms with Crippen LogP contribution in [0.5, 0.6) is 0 Å². The number of aryl methyl sites for hydroxylation is 1. The first-order chi connectivity index (χ1) is 11.2. The number of hydrogen-bond donors (Lipinski definition) is 2. The molecule has 2 aromatic carbocycles. The molecule has 0 spiro atoms. The third kappa shape index (κ3) is 4.37. The van der Waals surface area contributed by atoms with E-state index in [1.54, 1.807) is 11.0 Å². The molecule has 23 heavy (non-hydrogen) atoms. The van der Waals surface area contributed by atoms with Crippen molar-refractivity contribution in [1.82, 2.24) is 14.8 Å². The molecule has 0 aliphatic carbocycles. The van der Waals surface area contributed by atoms with E-state index < -0.39 is 0 Å². The van der Waals surface area contributed by atoms with Crippen molar-refractivity contribution in [3.8, 4) is 0 Å². The summed E-state index contributed by atoms with van der Waals surface area (Å²) in [7, 11) is 0. The molecule has 0 fully saturated rings. The molecule has 5 nitrogen and oxygen atoms in total. The van der Waals surface area contributed by atoms with Gasteiger partial charge in [0.05, 0.1) is 6.54 Å². The van der Waals surface area contributed by atoms with Gasteiger partial charge in [0.2, 0.25) is 5.95 Å². The van der Waals surface area contributed by atoms with Gasteiger partial charge in [0.1, 0.15) is 6.33 Å². The van der Waals surface area contributed by atoms with Gasteiger partial charge in [-0.3, -0.25) is 5.32 Å². The van der Waals surface area contributed by atoms with Gasteiger partial charge in [-0.05, 0) is 36.8 Å². The van der Waals surface area contributed by atoms with Crippen molar-refractivity contribution in [2.75, 3.05) is 10.6 Å². The Morgan fingerprint density at radius 3 is 2.70 bits per heavy atom. The van der Waals surface area contributed by atoms with Crippen molar-refractivity contribution >= 4 is 29.0 Å². The number of rotatable bonds is 4. The molecule has 0 aliphatic heterocycles. The lowest BCUT2D eigenvalue weighted by molar-refractivity contribution is 0.687. The first kappa shape index (κ1) is 15.2. The van der Waals surface area contributed by atoms with E-state index in [4.69, 9.17) is 12.2 Å². The summed E-state index contributed by atoms with van der Waals surface area (Å²) in [4.78, 5) is 4.23. The molecule has 0 atom stereocenters. The smallest absolute Gasteiger partial charge is 0.248 e. The minimum absolute atomic E-state index is 0.463. The molecule has 2 N–H and O–H groups in total. The number of benzene rings is 2. The minimum atomic E-state index is 0.463. The monoisotopic (exact) mass is 323 g/mol. The van der Waals surface area contributed by atoms with Crippen molar-refractivity contribution in [3.05, 3.63) is 72.1 Å². The van der Waals surface area contributed by atoms with Crippen LogP contribution >= 0.6 is 12.2 Å².